The first kappa shape index (κ1) is 13.4. The molecule has 0 aromatic carbocycles. The standard InChI is InChI=1S/C15H29NO/c1-4-5-10-16(13-6-7-13)11-12-8-9-15(2,3)14(12)17/h12-14,17H,4-11H2,1-3H3. The molecule has 2 unspecified atom stereocenters. The molecule has 17 heavy (non-hydrogen) atoms. The summed E-state index contributed by atoms with van der Waals surface area (Å²) in [6.07, 6.45) is 7.66. The van der Waals surface area contributed by atoms with Crippen LogP contribution >= 0.6 is 0 Å². The second kappa shape index (κ2) is 5.27. The van der Waals surface area contributed by atoms with Crippen molar-refractivity contribution in [3.63, 3.8) is 0 Å². The molecule has 0 aliphatic heterocycles. The van der Waals surface area contributed by atoms with E-state index in [-0.39, 0.29) is 11.5 Å². The molecule has 2 saturated carbocycles. The number of hydrogen-bond donors (Lipinski definition) is 1. The maximum Gasteiger partial charge on any atom is 0.0631 e. The zero-order valence-corrected chi connectivity index (χ0v) is 11.8. The van der Waals surface area contributed by atoms with E-state index >= 15 is 0 Å². The van der Waals surface area contributed by atoms with E-state index in [1.165, 1.54) is 45.1 Å². The van der Waals surface area contributed by atoms with Gasteiger partial charge in [0.15, 0.2) is 0 Å². The number of aliphatic hydroxyl groups is 1. The van der Waals surface area contributed by atoms with Crippen LogP contribution in [0.1, 0.15) is 59.3 Å². The average molecular weight is 239 g/mol. The van der Waals surface area contributed by atoms with E-state index in [9.17, 15) is 5.11 Å². The second-order valence-corrected chi connectivity index (χ2v) is 6.81. The predicted octanol–water partition coefficient (Wildman–Crippen LogP) is 3.05. The minimum Gasteiger partial charge on any atom is -0.392 e. The van der Waals surface area contributed by atoms with Crippen molar-refractivity contribution >= 4 is 0 Å². The van der Waals surface area contributed by atoms with Crippen molar-refractivity contribution in [1.82, 2.24) is 4.90 Å². The topological polar surface area (TPSA) is 23.5 Å². The molecule has 0 aromatic rings. The van der Waals surface area contributed by atoms with Crippen LogP contribution in [-0.2, 0) is 0 Å². The predicted molar refractivity (Wildman–Crippen MR) is 72.0 cm³/mol. The largest absolute Gasteiger partial charge is 0.392 e. The molecule has 100 valence electrons. The normalized spacial score (nSPS) is 32.3. The highest BCUT2D eigenvalue weighted by Crippen LogP contribution is 2.42. The summed E-state index contributed by atoms with van der Waals surface area (Å²) < 4.78 is 0. The lowest BCUT2D eigenvalue weighted by molar-refractivity contribution is 0.0313. The summed E-state index contributed by atoms with van der Waals surface area (Å²) in [5.41, 5.74) is 0.143. The Morgan fingerprint density at radius 1 is 1.24 bits per heavy atom. The van der Waals surface area contributed by atoms with Gasteiger partial charge in [-0.3, -0.25) is 0 Å². The molecule has 2 nitrogen and oxygen atoms in total. The van der Waals surface area contributed by atoms with Crippen molar-refractivity contribution in [2.75, 3.05) is 13.1 Å². The van der Waals surface area contributed by atoms with E-state index in [2.05, 4.69) is 25.7 Å². The highest BCUT2D eigenvalue weighted by Gasteiger charge is 2.42. The Balaban J connectivity index is 1.85. The SMILES string of the molecule is CCCCN(CC1CCC(C)(C)C1O)C1CC1. The van der Waals surface area contributed by atoms with E-state index in [0.29, 0.717) is 5.92 Å². The van der Waals surface area contributed by atoms with Crippen LogP contribution in [0.4, 0.5) is 0 Å². The van der Waals surface area contributed by atoms with Crippen molar-refractivity contribution in [1.29, 1.82) is 0 Å². The maximum atomic E-state index is 10.4. The molecule has 2 atom stereocenters. The van der Waals surface area contributed by atoms with Gasteiger partial charge in [0.1, 0.15) is 0 Å². The molecule has 0 spiro atoms. The van der Waals surface area contributed by atoms with Gasteiger partial charge in [0.2, 0.25) is 0 Å². The first-order valence-electron chi connectivity index (χ1n) is 7.46. The lowest BCUT2D eigenvalue weighted by Gasteiger charge is -2.30. The van der Waals surface area contributed by atoms with E-state index < -0.39 is 0 Å². The van der Waals surface area contributed by atoms with Crippen LogP contribution in [-0.4, -0.2) is 35.2 Å². The fourth-order valence-electron chi connectivity index (χ4n) is 3.22. The first-order chi connectivity index (χ1) is 8.04. The molecule has 1 N–H and O–H groups in total. The van der Waals surface area contributed by atoms with E-state index in [1.807, 2.05) is 0 Å². The quantitative estimate of drug-likeness (QED) is 0.770. The molecule has 2 rings (SSSR count). The summed E-state index contributed by atoms with van der Waals surface area (Å²) in [5.74, 6) is 0.516. The molecular formula is C15H29NO. The van der Waals surface area contributed by atoms with Crippen molar-refractivity contribution in [3.05, 3.63) is 0 Å². The summed E-state index contributed by atoms with van der Waals surface area (Å²) >= 11 is 0. The summed E-state index contributed by atoms with van der Waals surface area (Å²) in [6.45, 7) is 9.06. The molecule has 0 bridgehead atoms. The fraction of sp³-hybridized carbons (Fsp3) is 1.00. The molecule has 2 aliphatic rings. The first-order valence-corrected chi connectivity index (χ1v) is 7.46. The Hall–Kier alpha value is -0.0800. The summed E-state index contributed by atoms with van der Waals surface area (Å²) in [5, 5.41) is 10.4. The minimum atomic E-state index is -0.0922. The van der Waals surface area contributed by atoms with Crippen LogP contribution in [0.2, 0.25) is 0 Å². The number of nitrogens with zero attached hydrogens (tertiary/aromatic N) is 1. The van der Waals surface area contributed by atoms with Gasteiger partial charge >= 0.3 is 0 Å². The summed E-state index contributed by atoms with van der Waals surface area (Å²) in [4.78, 5) is 2.65. The number of unbranched alkanes of at least 4 members (excludes halogenated alkanes) is 1. The highest BCUT2D eigenvalue weighted by atomic mass is 16.3. The Labute approximate surface area is 106 Å². The van der Waals surface area contributed by atoms with Crippen LogP contribution < -0.4 is 0 Å². The zero-order chi connectivity index (χ0) is 12.5. The number of aliphatic hydroxyl groups excluding tert-OH is 1. The molecule has 0 heterocycles. The third-order valence-electron chi connectivity index (χ3n) is 4.74. The molecular weight excluding hydrogens is 210 g/mol. The van der Waals surface area contributed by atoms with Crippen molar-refractivity contribution in [3.8, 4) is 0 Å². The average Bonchev–Trinajstić information content (AvgIpc) is 3.08. The monoisotopic (exact) mass is 239 g/mol. The Kier molecular flexibility index (Phi) is 4.14. The maximum absolute atomic E-state index is 10.4. The molecule has 0 radical (unpaired) electrons. The van der Waals surface area contributed by atoms with Gasteiger partial charge in [0.05, 0.1) is 6.10 Å². The third kappa shape index (κ3) is 3.23. The summed E-state index contributed by atoms with van der Waals surface area (Å²) in [7, 11) is 0. The molecule has 0 aromatic heterocycles. The van der Waals surface area contributed by atoms with Gasteiger partial charge in [-0.1, -0.05) is 27.2 Å². The van der Waals surface area contributed by atoms with Gasteiger partial charge < -0.3 is 10.0 Å². The minimum absolute atomic E-state index is 0.0922. The Morgan fingerprint density at radius 3 is 2.41 bits per heavy atom. The van der Waals surface area contributed by atoms with Crippen LogP contribution in [0.5, 0.6) is 0 Å². The summed E-state index contributed by atoms with van der Waals surface area (Å²) in [6, 6.07) is 0.845. The smallest absolute Gasteiger partial charge is 0.0631 e. The van der Waals surface area contributed by atoms with E-state index in [4.69, 9.17) is 0 Å². The van der Waals surface area contributed by atoms with Gasteiger partial charge in [-0.25, -0.2) is 0 Å². The lowest BCUT2D eigenvalue weighted by Crippen LogP contribution is -2.38. The fourth-order valence-corrected chi connectivity index (χ4v) is 3.22. The van der Waals surface area contributed by atoms with Crippen molar-refractivity contribution < 1.29 is 5.11 Å². The molecule has 2 aliphatic carbocycles. The highest BCUT2D eigenvalue weighted by molar-refractivity contribution is 4.94. The van der Waals surface area contributed by atoms with Gasteiger partial charge in [0, 0.05) is 12.6 Å². The Bertz CT molecular complexity index is 247. The van der Waals surface area contributed by atoms with Gasteiger partial charge in [-0.15, -0.1) is 0 Å². The van der Waals surface area contributed by atoms with Crippen LogP contribution in [0, 0.1) is 11.3 Å². The van der Waals surface area contributed by atoms with E-state index in [0.717, 1.165) is 12.6 Å². The molecule has 0 amide bonds. The third-order valence-corrected chi connectivity index (χ3v) is 4.74. The second-order valence-electron chi connectivity index (χ2n) is 6.81. The van der Waals surface area contributed by atoms with Crippen LogP contribution in [0.15, 0.2) is 0 Å². The van der Waals surface area contributed by atoms with Gasteiger partial charge in [-0.05, 0) is 50.0 Å². The van der Waals surface area contributed by atoms with Crippen molar-refractivity contribution in [2.24, 2.45) is 11.3 Å². The van der Waals surface area contributed by atoms with Crippen molar-refractivity contribution in [2.45, 2.75) is 71.4 Å². The van der Waals surface area contributed by atoms with Gasteiger partial charge in [0.25, 0.3) is 0 Å². The zero-order valence-electron chi connectivity index (χ0n) is 11.8. The molecule has 2 fully saturated rings. The number of hydrogen-bond acceptors (Lipinski definition) is 2. The molecule has 2 heteroatoms. The molecule has 0 saturated heterocycles. The van der Waals surface area contributed by atoms with Crippen LogP contribution in [0.25, 0.3) is 0 Å². The van der Waals surface area contributed by atoms with E-state index in [1.54, 1.807) is 0 Å². The van der Waals surface area contributed by atoms with Crippen LogP contribution in [0.3, 0.4) is 0 Å². The number of rotatable bonds is 6. The lowest BCUT2D eigenvalue weighted by atomic mass is 9.87. The van der Waals surface area contributed by atoms with Gasteiger partial charge in [-0.2, -0.15) is 0 Å². The Morgan fingerprint density at radius 2 is 1.94 bits per heavy atom.